The largest absolute Gasteiger partial charge is 0.512 e. The zero-order valence-electron chi connectivity index (χ0n) is 24.6. The van der Waals surface area contributed by atoms with Gasteiger partial charge in [-0.2, -0.15) is 0 Å². The normalized spacial score (nSPS) is 14.5. The Morgan fingerprint density at radius 3 is 1.08 bits per heavy atom. The summed E-state index contributed by atoms with van der Waals surface area (Å²) in [5.74, 6) is -0.828. The Hall–Kier alpha value is -3.29. The Balaban J connectivity index is 0.00000760. The van der Waals surface area contributed by atoms with Crippen LogP contribution in [0.5, 0.6) is 0 Å². The number of rotatable bonds is 9. The standard InChI is InChI=1S/C32H40N2O4.Co/c1-17-11-19(3)29(20(4)12-17)31(33-15-27(23(7)35)24(8)36)32(34-16-28(25(9)37)26(10)38)30-21(5)13-18(2)14-22(30)6;/h11-16,31-32,35,37H,1-10H3;/b27-23+,28-25+,33-15?,34-16?;/t31-,32?;/m0./s1. The number of benzene rings is 2. The third-order valence-corrected chi connectivity index (χ3v) is 6.63. The fraction of sp³-hybridized carbons (Fsp3) is 0.375. The van der Waals surface area contributed by atoms with Gasteiger partial charge in [-0.05, 0) is 103 Å². The molecule has 0 spiro atoms. The molecule has 2 rings (SSSR count). The van der Waals surface area contributed by atoms with Gasteiger partial charge in [-0.15, -0.1) is 0 Å². The maximum Gasteiger partial charge on any atom is 0.164 e. The quantitative estimate of drug-likeness (QED) is 0.186. The molecule has 0 aliphatic rings. The van der Waals surface area contributed by atoms with Crippen molar-refractivity contribution in [3.05, 3.63) is 91.4 Å². The first kappa shape index (κ1) is 33.7. The number of aryl methyl sites for hydroxylation is 6. The topological polar surface area (TPSA) is 99.3 Å². The molecule has 0 aliphatic heterocycles. The summed E-state index contributed by atoms with van der Waals surface area (Å²) in [7, 11) is 0. The van der Waals surface area contributed by atoms with Crippen molar-refractivity contribution in [2.24, 2.45) is 9.98 Å². The molecule has 6 nitrogen and oxygen atoms in total. The van der Waals surface area contributed by atoms with E-state index in [-0.39, 0.29) is 51.0 Å². The van der Waals surface area contributed by atoms with Crippen LogP contribution in [0.1, 0.15) is 84.3 Å². The predicted octanol–water partition coefficient (Wildman–Crippen LogP) is 7.30. The Kier molecular flexibility index (Phi) is 12.3. The minimum atomic E-state index is -0.590. The van der Waals surface area contributed by atoms with Crippen LogP contribution in [0.25, 0.3) is 0 Å². The summed E-state index contributed by atoms with van der Waals surface area (Å²) in [6.07, 6.45) is 2.84. The molecule has 7 heteroatoms. The predicted molar refractivity (Wildman–Crippen MR) is 156 cm³/mol. The van der Waals surface area contributed by atoms with Gasteiger partial charge in [0.2, 0.25) is 0 Å². The number of carbonyl (C=O) groups excluding carboxylic acids is 2. The Bertz CT molecular complexity index is 1220. The summed E-state index contributed by atoms with van der Waals surface area (Å²) >= 11 is 0. The fourth-order valence-corrected chi connectivity index (χ4v) is 5.13. The zero-order chi connectivity index (χ0) is 28.9. The Morgan fingerprint density at radius 2 is 0.872 bits per heavy atom. The molecule has 0 bridgehead atoms. The van der Waals surface area contributed by atoms with Crippen molar-refractivity contribution < 1.29 is 36.6 Å². The van der Waals surface area contributed by atoms with Gasteiger partial charge in [-0.3, -0.25) is 19.6 Å². The molecule has 39 heavy (non-hydrogen) atoms. The van der Waals surface area contributed by atoms with Gasteiger partial charge in [0, 0.05) is 29.2 Å². The molecule has 1 radical (unpaired) electrons. The third-order valence-electron chi connectivity index (χ3n) is 6.63. The summed E-state index contributed by atoms with van der Waals surface area (Å²) in [4.78, 5) is 34.3. The van der Waals surface area contributed by atoms with Gasteiger partial charge in [-0.25, -0.2) is 0 Å². The van der Waals surface area contributed by atoms with Crippen LogP contribution >= 0.6 is 0 Å². The van der Waals surface area contributed by atoms with E-state index in [2.05, 4.69) is 24.3 Å². The van der Waals surface area contributed by atoms with Crippen molar-refractivity contribution in [1.29, 1.82) is 0 Å². The van der Waals surface area contributed by atoms with Gasteiger partial charge in [0.05, 0.1) is 11.1 Å². The summed E-state index contributed by atoms with van der Waals surface area (Å²) in [6.45, 7) is 17.8. The van der Waals surface area contributed by atoms with Crippen LogP contribution in [0.2, 0.25) is 0 Å². The molecular weight excluding hydrogens is 535 g/mol. The van der Waals surface area contributed by atoms with E-state index < -0.39 is 12.1 Å². The molecule has 2 aromatic rings. The van der Waals surface area contributed by atoms with Gasteiger partial charge in [0.15, 0.2) is 11.6 Å². The number of allylic oxidation sites excluding steroid dienone is 4. The molecule has 1 unspecified atom stereocenters. The van der Waals surface area contributed by atoms with Gasteiger partial charge >= 0.3 is 0 Å². The maximum atomic E-state index is 12.3. The van der Waals surface area contributed by atoms with Crippen molar-refractivity contribution >= 4 is 24.0 Å². The fourth-order valence-electron chi connectivity index (χ4n) is 5.13. The van der Waals surface area contributed by atoms with Crippen LogP contribution < -0.4 is 0 Å². The van der Waals surface area contributed by atoms with Crippen molar-refractivity contribution in [1.82, 2.24) is 0 Å². The molecule has 0 saturated carbocycles. The van der Waals surface area contributed by atoms with E-state index in [0.29, 0.717) is 0 Å². The van der Waals surface area contributed by atoms with Gasteiger partial charge in [0.25, 0.3) is 0 Å². The van der Waals surface area contributed by atoms with Crippen LogP contribution in [0.4, 0.5) is 0 Å². The molecule has 2 aromatic carbocycles. The minimum Gasteiger partial charge on any atom is -0.512 e. The van der Waals surface area contributed by atoms with Crippen LogP contribution in [0, 0.1) is 41.5 Å². The van der Waals surface area contributed by atoms with Gasteiger partial charge in [0.1, 0.15) is 23.6 Å². The van der Waals surface area contributed by atoms with E-state index in [1.54, 1.807) is 0 Å². The van der Waals surface area contributed by atoms with E-state index >= 15 is 0 Å². The van der Waals surface area contributed by atoms with Crippen LogP contribution in [-0.2, 0) is 26.4 Å². The van der Waals surface area contributed by atoms with Crippen molar-refractivity contribution in [2.45, 2.75) is 81.3 Å². The zero-order valence-corrected chi connectivity index (χ0v) is 25.6. The van der Waals surface area contributed by atoms with Crippen LogP contribution in [-0.4, -0.2) is 34.2 Å². The number of hydrogen-bond donors (Lipinski definition) is 2. The number of ketones is 2. The number of carbonyl (C=O) groups is 2. The molecule has 2 atom stereocenters. The molecule has 0 heterocycles. The molecule has 2 N–H and O–H groups in total. The Morgan fingerprint density at radius 1 is 0.615 bits per heavy atom. The molecule has 0 saturated heterocycles. The first-order valence-electron chi connectivity index (χ1n) is 12.7. The second-order valence-electron chi connectivity index (χ2n) is 10.2. The average molecular weight is 576 g/mol. The number of aliphatic hydroxyl groups excluding tert-OH is 2. The minimum absolute atomic E-state index is 0. The van der Waals surface area contributed by atoms with Crippen molar-refractivity contribution in [3.63, 3.8) is 0 Å². The number of hydrogen-bond acceptors (Lipinski definition) is 6. The summed E-state index contributed by atoms with van der Waals surface area (Å²) in [5, 5.41) is 20.3. The molecular formula is C32H40CoN2O4. The Labute approximate surface area is 242 Å². The second-order valence-corrected chi connectivity index (χ2v) is 10.2. The first-order chi connectivity index (χ1) is 17.6. The van der Waals surface area contributed by atoms with Crippen LogP contribution in [0.3, 0.4) is 0 Å². The molecule has 0 aliphatic carbocycles. The monoisotopic (exact) mass is 575 g/mol. The molecule has 0 fully saturated rings. The molecule has 211 valence electrons. The van der Waals surface area contributed by atoms with E-state index in [1.165, 1.54) is 40.1 Å². The van der Waals surface area contributed by atoms with Gasteiger partial charge < -0.3 is 10.2 Å². The third kappa shape index (κ3) is 8.34. The maximum absolute atomic E-state index is 12.3. The number of nitrogens with zero attached hydrogens (tertiary/aromatic N) is 2. The van der Waals surface area contributed by atoms with Crippen molar-refractivity contribution in [3.8, 4) is 0 Å². The van der Waals surface area contributed by atoms with E-state index in [4.69, 9.17) is 9.98 Å². The number of aliphatic hydroxyl groups is 2. The first-order valence-corrected chi connectivity index (χ1v) is 12.7. The summed E-state index contributed by atoms with van der Waals surface area (Å²) in [6, 6.07) is 7.15. The second kappa shape index (κ2) is 14.2. The summed E-state index contributed by atoms with van der Waals surface area (Å²) < 4.78 is 0. The molecule has 0 aromatic heterocycles. The summed E-state index contributed by atoms with van der Waals surface area (Å²) in [5.41, 5.74) is 8.42. The van der Waals surface area contributed by atoms with Crippen molar-refractivity contribution in [2.75, 3.05) is 0 Å². The smallest absolute Gasteiger partial charge is 0.164 e. The average Bonchev–Trinajstić information content (AvgIpc) is 2.74. The molecule has 0 amide bonds. The van der Waals surface area contributed by atoms with E-state index in [1.807, 2.05) is 41.5 Å². The number of aliphatic imine (C=N–C) groups is 2. The van der Waals surface area contributed by atoms with E-state index in [0.717, 1.165) is 44.5 Å². The van der Waals surface area contributed by atoms with Crippen LogP contribution in [0.15, 0.2) is 56.9 Å². The number of Topliss-reactive ketones (excluding diaryl/α,β-unsaturated/α-hetero) is 2. The SMILES string of the molecule is CC(=O)/C(C=NC(c1c(C)cc(C)cc1C)[C@@H](N=C/C(C(C)=O)=C(/C)O)c1c(C)cc(C)cc1C)=C(\C)O.[Co]. The van der Waals surface area contributed by atoms with Gasteiger partial charge in [-0.1, -0.05) is 35.4 Å². The van der Waals surface area contributed by atoms with E-state index in [9.17, 15) is 19.8 Å².